The maximum absolute atomic E-state index is 12.7. The van der Waals surface area contributed by atoms with E-state index in [1.807, 2.05) is 47.4 Å². The molecule has 2 aromatic carbocycles. The molecule has 1 saturated heterocycles. The van der Waals surface area contributed by atoms with Gasteiger partial charge in [-0.3, -0.25) is 5.10 Å². The molecule has 6 heteroatoms. The molecule has 0 spiro atoms. The number of hydrogen-bond acceptors (Lipinski definition) is 3. The maximum atomic E-state index is 12.7. The average Bonchev–Trinajstić information content (AvgIpc) is 3.30. The van der Waals surface area contributed by atoms with E-state index in [1.54, 1.807) is 7.11 Å². The van der Waals surface area contributed by atoms with Gasteiger partial charge in [0, 0.05) is 36.0 Å². The minimum absolute atomic E-state index is 0.0176. The number of H-pyrrole nitrogens is 1. The zero-order valence-corrected chi connectivity index (χ0v) is 17.5. The van der Waals surface area contributed by atoms with E-state index >= 15 is 0 Å². The third-order valence-electron chi connectivity index (χ3n) is 5.83. The second kappa shape index (κ2) is 9.03. The van der Waals surface area contributed by atoms with Crippen molar-refractivity contribution in [2.24, 2.45) is 0 Å². The van der Waals surface area contributed by atoms with Crippen LogP contribution in [0.5, 0.6) is 5.75 Å². The molecule has 1 aliphatic heterocycles. The number of aromatic nitrogens is 2. The van der Waals surface area contributed by atoms with E-state index in [0.717, 1.165) is 66.3 Å². The van der Waals surface area contributed by atoms with Crippen LogP contribution in [0.4, 0.5) is 10.5 Å². The molecule has 1 aromatic heterocycles. The topological polar surface area (TPSA) is 70.2 Å². The van der Waals surface area contributed by atoms with Crippen LogP contribution in [0, 0.1) is 0 Å². The van der Waals surface area contributed by atoms with Gasteiger partial charge in [0.1, 0.15) is 5.75 Å². The van der Waals surface area contributed by atoms with Crippen LogP contribution in [0.2, 0.25) is 0 Å². The number of benzene rings is 2. The molecule has 0 radical (unpaired) electrons. The summed E-state index contributed by atoms with van der Waals surface area (Å²) in [5.74, 6) is 1.20. The summed E-state index contributed by atoms with van der Waals surface area (Å²) in [5.41, 5.74) is 5.14. The van der Waals surface area contributed by atoms with E-state index in [9.17, 15) is 4.79 Å². The van der Waals surface area contributed by atoms with Crippen molar-refractivity contribution in [2.45, 2.75) is 32.1 Å². The summed E-state index contributed by atoms with van der Waals surface area (Å²) in [6.07, 6.45) is 2.74. The normalized spacial score (nSPS) is 14.5. The molecule has 1 aliphatic rings. The van der Waals surface area contributed by atoms with Gasteiger partial charge >= 0.3 is 6.03 Å². The molecule has 1 fully saturated rings. The first-order chi connectivity index (χ1) is 14.7. The number of rotatable bonds is 5. The lowest BCUT2D eigenvalue weighted by Gasteiger charge is -2.31. The highest BCUT2D eigenvalue weighted by Crippen LogP contribution is 2.30. The van der Waals surface area contributed by atoms with Crippen molar-refractivity contribution < 1.29 is 9.53 Å². The number of hydrogen-bond donors (Lipinski definition) is 2. The van der Waals surface area contributed by atoms with Crippen molar-refractivity contribution in [2.75, 3.05) is 25.5 Å². The molecule has 0 saturated carbocycles. The number of piperidine rings is 1. The van der Waals surface area contributed by atoms with Gasteiger partial charge in [0.05, 0.1) is 12.8 Å². The number of nitrogens with zero attached hydrogens (tertiary/aromatic N) is 2. The minimum atomic E-state index is -0.0176. The second-order valence-corrected chi connectivity index (χ2v) is 7.64. The SMILES string of the molecule is CCc1ccccc1NC(=O)N1CCC(c2cc(-c3cccc(OC)c3)n[nH]2)CC1. The van der Waals surface area contributed by atoms with Crippen LogP contribution in [0.3, 0.4) is 0 Å². The minimum Gasteiger partial charge on any atom is -0.497 e. The molecule has 0 bridgehead atoms. The highest BCUT2D eigenvalue weighted by molar-refractivity contribution is 5.90. The van der Waals surface area contributed by atoms with Crippen molar-refractivity contribution in [3.8, 4) is 17.0 Å². The van der Waals surface area contributed by atoms with Gasteiger partial charge in [-0.25, -0.2) is 4.79 Å². The number of ether oxygens (including phenoxy) is 1. The molecule has 0 atom stereocenters. The third-order valence-corrected chi connectivity index (χ3v) is 5.83. The van der Waals surface area contributed by atoms with Crippen molar-refractivity contribution >= 4 is 11.7 Å². The summed E-state index contributed by atoms with van der Waals surface area (Å²) in [6.45, 7) is 3.57. The number of carbonyl (C=O) groups is 1. The summed E-state index contributed by atoms with van der Waals surface area (Å²) in [6, 6.07) is 18.0. The maximum Gasteiger partial charge on any atom is 0.321 e. The number of methoxy groups -OCH3 is 1. The Morgan fingerprint density at radius 3 is 2.73 bits per heavy atom. The van der Waals surface area contributed by atoms with Crippen molar-refractivity contribution in [3.05, 3.63) is 65.9 Å². The molecule has 2 amide bonds. The predicted octanol–water partition coefficient (Wildman–Crippen LogP) is 5.06. The zero-order chi connectivity index (χ0) is 20.9. The molecule has 0 aliphatic carbocycles. The number of likely N-dealkylation sites (tertiary alicyclic amines) is 1. The zero-order valence-electron chi connectivity index (χ0n) is 17.5. The Morgan fingerprint density at radius 2 is 1.97 bits per heavy atom. The molecule has 3 aromatic rings. The summed E-state index contributed by atoms with van der Waals surface area (Å²) >= 11 is 0. The Morgan fingerprint density at radius 1 is 1.17 bits per heavy atom. The predicted molar refractivity (Wildman–Crippen MR) is 119 cm³/mol. The first-order valence-corrected chi connectivity index (χ1v) is 10.5. The Hall–Kier alpha value is -3.28. The van der Waals surface area contributed by atoms with E-state index in [1.165, 1.54) is 0 Å². The Bertz CT molecular complexity index is 1010. The van der Waals surface area contributed by atoms with Crippen molar-refractivity contribution in [3.63, 3.8) is 0 Å². The van der Waals surface area contributed by atoms with E-state index in [2.05, 4.69) is 34.6 Å². The second-order valence-electron chi connectivity index (χ2n) is 7.64. The lowest BCUT2D eigenvalue weighted by atomic mass is 9.93. The first-order valence-electron chi connectivity index (χ1n) is 10.5. The fraction of sp³-hybridized carbons (Fsp3) is 0.333. The number of amides is 2. The largest absolute Gasteiger partial charge is 0.497 e. The number of para-hydroxylation sites is 1. The molecular weight excluding hydrogens is 376 g/mol. The summed E-state index contributed by atoms with van der Waals surface area (Å²) in [7, 11) is 1.67. The smallest absolute Gasteiger partial charge is 0.321 e. The van der Waals surface area contributed by atoms with Gasteiger partial charge in [-0.05, 0) is 49.1 Å². The van der Waals surface area contributed by atoms with Crippen LogP contribution in [0.1, 0.15) is 36.9 Å². The number of urea groups is 1. The average molecular weight is 405 g/mol. The van der Waals surface area contributed by atoms with Crippen molar-refractivity contribution in [1.82, 2.24) is 15.1 Å². The number of nitrogens with one attached hydrogen (secondary N) is 2. The van der Waals surface area contributed by atoms with Crippen LogP contribution < -0.4 is 10.1 Å². The molecular formula is C24H28N4O2. The van der Waals surface area contributed by atoms with Gasteiger partial charge < -0.3 is 15.0 Å². The Kier molecular flexibility index (Phi) is 6.02. The number of anilines is 1. The Balaban J connectivity index is 1.36. The summed E-state index contributed by atoms with van der Waals surface area (Å²) in [5, 5.41) is 10.8. The number of aryl methyl sites for hydroxylation is 1. The van der Waals surface area contributed by atoms with Crippen LogP contribution in [-0.4, -0.2) is 41.3 Å². The molecule has 2 N–H and O–H groups in total. The van der Waals surface area contributed by atoms with Gasteiger partial charge in [-0.1, -0.05) is 37.3 Å². The van der Waals surface area contributed by atoms with Crippen molar-refractivity contribution in [1.29, 1.82) is 0 Å². The molecule has 0 unspecified atom stereocenters. The molecule has 6 nitrogen and oxygen atoms in total. The van der Waals surface area contributed by atoms with Gasteiger partial charge in [0.25, 0.3) is 0 Å². The summed E-state index contributed by atoms with van der Waals surface area (Å²) < 4.78 is 5.31. The van der Waals surface area contributed by atoms with Gasteiger partial charge in [0.2, 0.25) is 0 Å². The Labute approximate surface area is 177 Å². The van der Waals surface area contributed by atoms with Crippen LogP contribution in [-0.2, 0) is 6.42 Å². The van der Waals surface area contributed by atoms with Crippen LogP contribution >= 0.6 is 0 Å². The van der Waals surface area contributed by atoms with Gasteiger partial charge in [-0.15, -0.1) is 0 Å². The molecule has 4 rings (SSSR count). The fourth-order valence-corrected chi connectivity index (χ4v) is 4.01. The van der Waals surface area contributed by atoms with Gasteiger partial charge in [-0.2, -0.15) is 5.10 Å². The van der Waals surface area contributed by atoms with E-state index in [0.29, 0.717) is 5.92 Å². The van der Waals surface area contributed by atoms with Crippen LogP contribution in [0.15, 0.2) is 54.6 Å². The standard InChI is InChI=1S/C24H28N4O2/c1-3-17-7-4-5-10-21(17)25-24(29)28-13-11-18(12-14-28)22-16-23(27-26-22)19-8-6-9-20(15-19)30-2/h4-10,15-16,18H,3,11-14H2,1-2H3,(H,25,29)(H,26,27). The number of aromatic amines is 1. The van der Waals surface area contributed by atoms with Gasteiger partial charge in [0.15, 0.2) is 0 Å². The molecule has 156 valence electrons. The fourth-order valence-electron chi connectivity index (χ4n) is 4.01. The third kappa shape index (κ3) is 4.32. The highest BCUT2D eigenvalue weighted by Gasteiger charge is 2.25. The number of carbonyl (C=O) groups excluding carboxylic acids is 1. The molecule has 2 heterocycles. The first kappa shape index (κ1) is 20.0. The summed E-state index contributed by atoms with van der Waals surface area (Å²) in [4.78, 5) is 14.6. The lowest BCUT2D eigenvalue weighted by molar-refractivity contribution is 0.194. The molecule has 30 heavy (non-hydrogen) atoms. The quantitative estimate of drug-likeness (QED) is 0.624. The van der Waals surface area contributed by atoms with E-state index in [4.69, 9.17) is 4.74 Å². The van der Waals surface area contributed by atoms with E-state index < -0.39 is 0 Å². The van der Waals surface area contributed by atoms with E-state index in [-0.39, 0.29) is 6.03 Å². The highest BCUT2D eigenvalue weighted by atomic mass is 16.5. The lowest BCUT2D eigenvalue weighted by Crippen LogP contribution is -2.40. The monoisotopic (exact) mass is 404 g/mol. The van der Waals surface area contributed by atoms with Crippen LogP contribution in [0.25, 0.3) is 11.3 Å².